The van der Waals surface area contributed by atoms with E-state index in [2.05, 4.69) is 371 Å². The highest BCUT2D eigenvalue weighted by Crippen LogP contribution is 2.60. The fourth-order valence-electron chi connectivity index (χ4n) is 11.1. The topological polar surface area (TPSA) is 13.0 Å². The third-order valence-electron chi connectivity index (χ3n) is 15.2. The maximum absolute atomic E-state index is 2.33. The minimum absolute atomic E-state index is 1.10. The molecule has 2 heterocycles. The molecule has 0 saturated heterocycles. The molecule has 0 atom stereocenters. The van der Waals surface area contributed by atoms with Crippen LogP contribution in [0.2, 0.25) is 0 Å². The number of hydrogen-bond donors (Lipinski definition) is 0. The van der Waals surface area contributed by atoms with Crippen LogP contribution in [0.25, 0.3) is 19.6 Å². The predicted octanol–water partition coefficient (Wildman–Crippen LogP) is 24.6. The van der Waals surface area contributed by atoms with Gasteiger partial charge in [-0.25, -0.2) is 0 Å². The minimum Gasteiger partial charge on any atom is -0.311 e. The van der Waals surface area contributed by atoms with E-state index in [4.69, 9.17) is 0 Å². The highest BCUT2D eigenvalue weighted by Gasteiger charge is 2.28. The molecule has 0 fully saturated rings. The second-order valence-electron chi connectivity index (χ2n) is 20.9. The molecule has 2 aliphatic heterocycles. The Balaban J connectivity index is 0.819. The van der Waals surface area contributed by atoms with Gasteiger partial charge in [0.1, 0.15) is 0 Å². The Kier molecular flexibility index (Phi) is 16.8. The van der Waals surface area contributed by atoms with Crippen molar-refractivity contribution in [2.75, 3.05) is 19.6 Å². The molecular formula is C80H58N4S4. The Hall–Kier alpha value is -9.80. The van der Waals surface area contributed by atoms with Crippen LogP contribution in [0.3, 0.4) is 0 Å². The molecule has 0 bridgehead atoms. The van der Waals surface area contributed by atoms with Gasteiger partial charge in [-0.15, -0.1) is 0 Å². The van der Waals surface area contributed by atoms with Gasteiger partial charge in [0.15, 0.2) is 0 Å². The van der Waals surface area contributed by atoms with Crippen LogP contribution in [0.5, 0.6) is 0 Å². The number of thioether (sulfide) groups is 4. The molecule has 0 spiro atoms. The summed E-state index contributed by atoms with van der Waals surface area (Å²) in [5.74, 6) is 0. The van der Waals surface area contributed by atoms with E-state index in [0.29, 0.717) is 0 Å². The molecule has 8 heteroatoms. The summed E-state index contributed by atoms with van der Waals surface area (Å²) in [4.78, 5) is 14.2. The lowest BCUT2D eigenvalue weighted by molar-refractivity contribution is 1.28. The Morgan fingerprint density at radius 3 is 0.443 bits per heavy atom. The molecule has 0 amide bonds. The predicted molar refractivity (Wildman–Crippen MR) is 385 cm³/mol. The van der Waals surface area contributed by atoms with Crippen molar-refractivity contribution in [1.82, 2.24) is 0 Å². The number of allylic oxidation sites excluding steroid dienone is 2. The molecule has 0 N–H and O–H groups in total. The molecule has 4 nitrogen and oxygen atoms in total. The van der Waals surface area contributed by atoms with E-state index in [1.54, 1.807) is 0 Å². The SMILES string of the molecule is C(C=C1SC(c2ccc(N(c3ccccc3)c3ccccc3)cc2)=C(c2ccc(N(c3ccccc3)c3ccccc3)cc2)S1)=C1SC(c2ccc(N(c3ccccc3)c3ccccc3)cc2)=C(c2ccc(N(c3ccccc3)c3ccccc3)cc2)S1. The summed E-state index contributed by atoms with van der Waals surface area (Å²) in [5.41, 5.74) is 18.0. The van der Waals surface area contributed by atoms with Crippen LogP contribution in [0, 0.1) is 0 Å². The first-order valence-electron chi connectivity index (χ1n) is 29.3. The van der Waals surface area contributed by atoms with E-state index in [1.807, 2.05) is 47.0 Å². The lowest BCUT2D eigenvalue weighted by atomic mass is 10.1. The number of hydrogen-bond acceptors (Lipinski definition) is 8. The van der Waals surface area contributed by atoms with Crippen LogP contribution in [-0.4, -0.2) is 0 Å². The zero-order chi connectivity index (χ0) is 58.9. The maximum atomic E-state index is 2.33. The first kappa shape index (κ1) is 56.0. The van der Waals surface area contributed by atoms with Gasteiger partial charge in [-0.1, -0.05) is 241 Å². The molecule has 12 aromatic carbocycles. The van der Waals surface area contributed by atoms with Crippen molar-refractivity contribution in [2.24, 2.45) is 0 Å². The average molecular weight is 1200 g/mol. The summed E-state index contributed by atoms with van der Waals surface area (Å²) in [6.45, 7) is 0. The van der Waals surface area contributed by atoms with E-state index >= 15 is 0 Å². The van der Waals surface area contributed by atoms with Crippen LogP contribution in [0.1, 0.15) is 22.3 Å². The zero-order valence-corrected chi connectivity index (χ0v) is 51.2. The van der Waals surface area contributed by atoms with Crippen LogP contribution in [0.4, 0.5) is 68.2 Å². The van der Waals surface area contributed by atoms with Crippen molar-refractivity contribution in [3.05, 3.63) is 383 Å². The number of benzene rings is 12. The Morgan fingerprint density at radius 1 is 0.159 bits per heavy atom. The Morgan fingerprint density at radius 2 is 0.295 bits per heavy atom. The van der Waals surface area contributed by atoms with Gasteiger partial charge in [0.25, 0.3) is 0 Å². The molecule has 2 aliphatic rings. The van der Waals surface area contributed by atoms with E-state index < -0.39 is 0 Å². The van der Waals surface area contributed by atoms with Gasteiger partial charge in [0.2, 0.25) is 0 Å². The van der Waals surface area contributed by atoms with Gasteiger partial charge in [-0.2, -0.15) is 0 Å². The maximum Gasteiger partial charge on any atom is 0.0500 e. The molecule has 0 saturated carbocycles. The van der Waals surface area contributed by atoms with Gasteiger partial charge in [0, 0.05) is 87.9 Å². The van der Waals surface area contributed by atoms with Crippen molar-refractivity contribution in [2.45, 2.75) is 0 Å². The van der Waals surface area contributed by atoms with Crippen molar-refractivity contribution in [1.29, 1.82) is 0 Å². The van der Waals surface area contributed by atoms with Gasteiger partial charge in [-0.05, 0) is 180 Å². The number of anilines is 12. The average Bonchev–Trinajstić information content (AvgIpc) is 2.57. The van der Waals surface area contributed by atoms with Gasteiger partial charge < -0.3 is 19.6 Å². The number of para-hydroxylation sites is 8. The van der Waals surface area contributed by atoms with E-state index in [-0.39, 0.29) is 0 Å². The third-order valence-corrected chi connectivity index (χ3v) is 20.4. The van der Waals surface area contributed by atoms with Gasteiger partial charge in [0.05, 0.1) is 8.47 Å². The lowest BCUT2D eigenvalue weighted by Crippen LogP contribution is -2.09. The van der Waals surface area contributed by atoms with Crippen LogP contribution in [0.15, 0.2) is 360 Å². The van der Waals surface area contributed by atoms with Crippen molar-refractivity contribution < 1.29 is 0 Å². The second kappa shape index (κ2) is 26.4. The second-order valence-corrected chi connectivity index (χ2v) is 25.6. The molecule has 14 rings (SSSR count). The van der Waals surface area contributed by atoms with Crippen molar-refractivity contribution >= 4 is 135 Å². The highest BCUT2D eigenvalue weighted by atomic mass is 32.2. The third kappa shape index (κ3) is 12.3. The fraction of sp³-hybridized carbons (Fsp3) is 0. The quantitative estimate of drug-likeness (QED) is 0.0883. The van der Waals surface area contributed by atoms with E-state index in [1.165, 1.54) is 50.3 Å². The molecular weight excluding hydrogens is 1150 g/mol. The summed E-state index contributed by atoms with van der Waals surface area (Å²) >= 11 is 7.40. The van der Waals surface area contributed by atoms with Gasteiger partial charge in [-0.3, -0.25) is 0 Å². The Labute approximate surface area is 533 Å². The monoisotopic (exact) mass is 1200 g/mol. The van der Waals surface area contributed by atoms with E-state index in [9.17, 15) is 0 Å². The summed E-state index contributed by atoms with van der Waals surface area (Å²) in [5, 5.41) is 0. The Bertz CT molecular complexity index is 3690. The molecule has 88 heavy (non-hydrogen) atoms. The molecule has 0 radical (unpaired) electrons. The first-order chi connectivity index (χ1) is 43.6. The molecule has 0 unspecified atom stereocenters. The molecule has 0 aliphatic carbocycles. The molecule has 422 valence electrons. The summed E-state index contributed by atoms with van der Waals surface area (Å²) in [6, 6.07) is 121. The summed E-state index contributed by atoms with van der Waals surface area (Å²) in [6.07, 6.45) is 4.67. The largest absolute Gasteiger partial charge is 0.311 e. The molecule has 0 aromatic heterocycles. The van der Waals surface area contributed by atoms with Crippen LogP contribution in [-0.2, 0) is 0 Å². The summed E-state index contributed by atoms with van der Waals surface area (Å²) < 4.78 is 2.43. The van der Waals surface area contributed by atoms with Crippen LogP contribution < -0.4 is 19.6 Å². The minimum atomic E-state index is 1.10. The lowest BCUT2D eigenvalue weighted by Gasteiger charge is -2.25. The standard InChI is InChI=1S/C80H58N4S4/c1-9-25-63(26-10-1)81(64-27-11-2-12-28-64)71-49-41-59(42-50-71)77-78(60-43-51-72(52-44-60)82(65-29-13-3-14-30-65)66-31-15-4-16-32-66)86-75(85-77)57-58-76-87-79(61-45-53-73(54-46-61)83(67-33-17-5-18-34-67)68-35-19-6-20-36-68)80(88-76)62-47-55-74(56-48-62)84(69-37-21-7-22-38-69)70-39-23-8-24-40-70/h1-58H. The first-order valence-corrected chi connectivity index (χ1v) is 32.6. The smallest absolute Gasteiger partial charge is 0.0500 e. The highest BCUT2D eigenvalue weighted by molar-refractivity contribution is 8.35. The molecule has 12 aromatic rings. The number of nitrogens with zero attached hydrogens (tertiary/aromatic N) is 4. The normalized spacial score (nSPS) is 12.9. The fourth-order valence-corrected chi connectivity index (χ4v) is 16.2. The van der Waals surface area contributed by atoms with Gasteiger partial charge >= 0.3 is 0 Å². The van der Waals surface area contributed by atoms with Crippen molar-refractivity contribution in [3.8, 4) is 0 Å². The number of rotatable bonds is 17. The van der Waals surface area contributed by atoms with Crippen molar-refractivity contribution in [3.63, 3.8) is 0 Å². The van der Waals surface area contributed by atoms with E-state index in [0.717, 1.165) is 68.2 Å². The van der Waals surface area contributed by atoms with Crippen LogP contribution >= 0.6 is 47.0 Å². The summed E-state index contributed by atoms with van der Waals surface area (Å²) in [7, 11) is 0. The zero-order valence-electron chi connectivity index (χ0n) is 47.9.